The van der Waals surface area contributed by atoms with Crippen molar-refractivity contribution < 1.29 is 9.53 Å². The molecule has 1 aliphatic heterocycles. The van der Waals surface area contributed by atoms with Crippen LogP contribution in [0.25, 0.3) is 0 Å². The van der Waals surface area contributed by atoms with Gasteiger partial charge < -0.3 is 10.1 Å². The lowest BCUT2D eigenvalue weighted by atomic mass is 10.1. The van der Waals surface area contributed by atoms with Crippen LogP contribution in [0.3, 0.4) is 0 Å². The zero-order valence-electron chi connectivity index (χ0n) is 6.39. The molecule has 0 aromatic rings. The van der Waals surface area contributed by atoms with Gasteiger partial charge in [-0.15, -0.1) is 0 Å². The molecule has 2 atom stereocenters. The van der Waals surface area contributed by atoms with E-state index < -0.39 is 0 Å². The van der Waals surface area contributed by atoms with E-state index in [2.05, 4.69) is 5.32 Å². The molecule has 1 rings (SSSR count). The van der Waals surface area contributed by atoms with Crippen molar-refractivity contribution in [2.75, 3.05) is 13.7 Å². The first-order valence-electron chi connectivity index (χ1n) is 3.50. The largest absolute Gasteiger partial charge is 0.380 e. The molecule has 0 aromatic carbocycles. The van der Waals surface area contributed by atoms with Gasteiger partial charge in [-0.3, -0.25) is 4.79 Å². The van der Waals surface area contributed by atoms with E-state index in [0.29, 0.717) is 0 Å². The van der Waals surface area contributed by atoms with Gasteiger partial charge in [0.25, 0.3) is 0 Å². The molecule has 58 valence electrons. The normalized spacial score (nSPS) is 32.6. The van der Waals surface area contributed by atoms with Gasteiger partial charge in [-0.1, -0.05) is 0 Å². The predicted molar refractivity (Wildman–Crippen MR) is 37.9 cm³/mol. The summed E-state index contributed by atoms with van der Waals surface area (Å²) in [5.41, 5.74) is 0. The van der Waals surface area contributed by atoms with Gasteiger partial charge in [-0.25, -0.2) is 0 Å². The van der Waals surface area contributed by atoms with Crippen LogP contribution in [0.4, 0.5) is 0 Å². The monoisotopic (exact) mass is 143 g/mol. The minimum absolute atomic E-state index is 0.0324. The summed E-state index contributed by atoms with van der Waals surface area (Å²) in [5, 5.41) is 3.08. The lowest BCUT2D eigenvalue weighted by Gasteiger charge is -2.04. The Morgan fingerprint density at radius 3 is 2.70 bits per heavy atom. The second-order valence-electron chi connectivity index (χ2n) is 2.66. The van der Waals surface area contributed by atoms with Crippen LogP contribution in [0.15, 0.2) is 0 Å². The first-order valence-corrected chi connectivity index (χ1v) is 3.50. The summed E-state index contributed by atoms with van der Waals surface area (Å²) in [5.74, 6) is 0.208. The van der Waals surface area contributed by atoms with Crippen molar-refractivity contribution >= 4 is 5.78 Å². The number of hydrogen-bond donors (Lipinski definition) is 1. The van der Waals surface area contributed by atoms with Crippen LogP contribution in [-0.4, -0.2) is 31.6 Å². The average Bonchev–Trinajstić information content (AvgIpc) is 2.34. The van der Waals surface area contributed by atoms with Crippen molar-refractivity contribution in [3.63, 3.8) is 0 Å². The van der Waals surface area contributed by atoms with E-state index in [1.165, 1.54) is 0 Å². The summed E-state index contributed by atoms with van der Waals surface area (Å²) in [6.45, 7) is 2.41. The fraction of sp³-hybridized carbons (Fsp3) is 0.857. The fourth-order valence-corrected chi connectivity index (χ4v) is 1.19. The zero-order valence-corrected chi connectivity index (χ0v) is 6.39. The first kappa shape index (κ1) is 7.69. The van der Waals surface area contributed by atoms with Gasteiger partial charge in [-0.2, -0.15) is 0 Å². The number of hydrogen-bond acceptors (Lipinski definition) is 3. The van der Waals surface area contributed by atoms with Crippen molar-refractivity contribution in [3.8, 4) is 0 Å². The molecule has 1 N–H and O–H groups in total. The number of Topliss-reactive ketones (excluding diaryl/α,β-unsaturated/α-hetero) is 1. The minimum atomic E-state index is 0.0324. The molecule has 0 aliphatic carbocycles. The Hall–Kier alpha value is -0.410. The Morgan fingerprint density at radius 1 is 1.70 bits per heavy atom. The van der Waals surface area contributed by atoms with E-state index >= 15 is 0 Å². The molecule has 10 heavy (non-hydrogen) atoms. The van der Waals surface area contributed by atoms with Gasteiger partial charge in [-0.05, 0) is 13.3 Å². The van der Waals surface area contributed by atoms with Crippen molar-refractivity contribution in [2.45, 2.75) is 25.5 Å². The third-order valence-electron chi connectivity index (χ3n) is 1.91. The zero-order chi connectivity index (χ0) is 7.56. The van der Waals surface area contributed by atoms with Crippen LogP contribution in [0.5, 0.6) is 0 Å². The SMILES string of the molecule is COC1CN[C@H](C(C)=O)C1. The number of carbonyl (C=O) groups is 1. The third kappa shape index (κ3) is 1.55. The predicted octanol–water partition coefficient (Wildman–Crippen LogP) is -0.0477. The van der Waals surface area contributed by atoms with Gasteiger partial charge in [0.05, 0.1) is 12.1 Å². The van der Waals surface area contributed by atoms with Crippen LogP contribution in [0, 0.1) is 0 Å². The Morgan fingerprint density at radius 2 is 2.40 bits per heavy atom. The van der Waals surface area contributed by atoms with Gasteiger partial charge in [0.1, 0.15) is 5.78 Å². The van der Waals surface area contributed by atoms with Gasteiger partial charge >= 0.3 is 0 Å². The highest BCUT2D eigenvalue weighted by atomic mass is 16.5. The highest BCUT2D eigenvalue weighted by Gasteiger charge is 2.26. The van der Waals surface area contributed by atoms with E-state index in [9.17, 15) is 4.79 Å². The smallest absolute Gasteiger partial charge is 0.146 e. The molecule has 0 bridgehead atoms. The fourth-order valence-electron chi connectivity index (χ4n) is 1.19. The summed E-state index contributed by atoms with van der Waals surface area (Å²) in [6, 6.07) is 0.0324. The Labute approximate surface area is 60.7 Å². The van der Waals surface area contributed by atoms with E-state index in [1.54, 1.807) is 14.0 Å². The highest BCUT2D eigenvalue weighted by Crippen LogP contribution is 2.09. The van der Waals surface area contributed by atoms with Crippen LogP contribution >= 0.6 is 0 Å². The van der Waals surface area contributed by atoms with Crippen molar-refractivity contribution in [1.82, 2.24) is 5.32 Å². The molecular weight excluding hydrogens is 130 g/mol. The molecule has 1 heterocycles. The number of methoxy groups -OCH3 is 1. The molecule has 3 nitrogen and oxygen atoms in total. The number of rotatable bonds is 2. The molecule has 1 aliphatic rings. The van der Waals surface area contributed by atoms with Gasteiger partial charge in [0.2, 0.25) is 0 Å². The Balaban J connectivity index is 2.35. The molecule has 0 spiro atoms. The number of nitrogens with one attached hydrogen (secondary N) is 1. The van der Waals surface area contributed by atoms with E-state index in [4.69, 9.17) is 4.74 Å². The molecular formula is C7H13NO2. The number of ether oxygens (including phenoxy) is 1. The third-order valence-corrected chi connectivity index (χ3v) is 1.91. The summed E-state index contributed by atoms with van der Waals surface area (Å²) in [6.07, 6.45) is 1.06. The molecule has 0 amide bonds. The summed E-state index contributed by atoms with van der Waals surface area (Å²) < 4.78 is 5.08. The van der Waals surface area contributed by atoms with Crippen molar-refractivity contribution in [1.29, 1.82) is 0 Å². The van der Waals surface area contributed by atoms with Crippen molar-refractivity contribution in [2.24, 2.45) is 0 Å². The lowest BCUT2D eigenvalue weighted by Crippen LogP contribution is -2.28. The summed E-state index contributed by atoms with van der Waals surface area (Å²) in [7, 11) is 1.68. The van der Waals surface area contributed by atoms with E-state index in [1.807, 2.05) is 0 Å². The molecule has 3 heteroatoms. The van der Waals surface area contributed by atoms with Gasteiger partial charge in [0.15, 0.2) is 0 Å². The molecule has 0 aromatic heterocycles. The molecule has 0 radical (unpaired) electrons. The first-order chi connectivity index (χ1) is 4.74. The maximum absolute atomic E-state index is 10.8. The standard InChI is InChI=1S/C7H13NO2/c1-5(9)7-3-6(10-2)4-8-7/h6-8H,3-4H2,1-2H3/t6?,7-/m0/s1. The topological polar surface area (TPSA) is 38.3 Å². The van der Waals surface area contributed by atoms with Crippen molar-refractivity contribution in [3.05, 3.63) is 0 Å². The van der Waals surface area contributed by atoms with Gasteiger partial charge in [0, 0.05) is 13.7 Å². The summed E-state index contributed by atoms with van der Waals surface area (Å²) >= 11 is 0. The minimum Gasteiger partial charge on any atom is -0.380 e. The van der Waals surface area contributed by atoms with Crippen LogP contribution in [0.2, 0.25) is 0 Å². The molecule has 1 saturated heterocycles. The quantitative estimate of drug-likeness (QED) is 0.589. The highest BCUT2D eigenvalue weighted by molar-refractivity contribution is 5.81. The maximum atomic E-state index is 10.8. The number of carbonyl (C=O) groups excluding carboxylic acids is 1. The average molecular weight is 143 g/mol. The van der Waals surface area contributed by atoms with Crippen LogP contribution in [0.1, 0.15) is 13.3 Å². The second kappa shape index (κ2) is 3.12. The molecule has 0 saturated carbocycles. The maximum Gasteiger partial charge on any atom is 0.146 e. The van der Waals surface area contributed by atoms with E-state index in [0.717, 1.165) is 13.0 Å². The molecule has 1 unspecified atom stereocenters. The van der Waals surface area contributed by atoms with Crippen LogP contribution in [-0.2, 0) is 9.53 Å². The molecule has 1 fully saturated rings. The Kier molecular flexibility index (Phi) is 2.40. The summed E-state index contributed by atoms with van der Waals surface area (Å²) in [4.78, 5) is 10.8. The lowest BCUT2D eigenvalue weighted by molar-refractivity contribution is -0.118. The van der Waals surface area contributed by atoms with Crippen LogP contribution < -0.4 is 5.32 Å². The number of ketones is 1. The Bertz CT molecular complexity index is 136. The second-order valence-corrected chi connectivity index (χ2v) is 2.66. The van der Waals surface area contributed by atoms with E-state index in [-0.39, 0.29) is 17.9 Å².